The summed E-state index contributed by atoms with van der Waals surface area (Å²) in [5, 5.41) is 0. The molecule has 0 aliphatic heterocycles. The largest absolute Gasteiger partial charge is 0.748 e. The van der Waals surface area contributed by atoms with Crippen molar-refractivity contribution in [2.45, 2.75) is 66.2 Å². The Labute approximate surface area is 209 Å². The first-order valence-corrected chi connectivity index (χ1v) is 15.2. The highest BCUT2D eigenvalue weighted by Crippen LogP contribution is 2.64. The van der Waals surface area contributed by atoms with Gasteiger partial charge in [0.05, 0.1) is 15.9 Å². The van der Waals surface area contributed by atoms with Gasteiger partial charge in [0, 0.05) is 11.8 Å². The molecule has 0 radical (unpaired) electrons. The zero-order valence-corrected chi connectivity index (χ0v) is 23.4. The summed E-state index contributed by atoms with van der Waals surface area (Å²) >= 11 is -0.0336. The normalized spacial score (nSPS) is 23.8. The van der Waals surface area contributed by atoms with Crippen molar-refractivity contribution in [1.82, 2.24) is 0 Å². The maximum atomic E-state index is 11.8. The van der Waals surface area contributed by atoms with Crippen LogP contribution in [0.5, 0.6) is 0 Å². The van der Waals surface area contributed by atoms with E-state index >= 15 is 0 Å². The molecule has 0 amide bonds. The van der Waals surface area contributed by atoms with Gasteiger partial charge in [0.2, 0.25) is 0 Å². The molecule has 0 heterocycles. The summed E-state index contributed by atoms with van der Waals surface area (Å²) in [7, 11) is -4.33. The van der Waals surface area contributed by atoms with Crippen molar-refractivity contribution in [2.24, 2.45) is 16.7 Å². The third kappa shape index (κ3) is 5.88. The van der Waals surface area contributed by atoms with Crippen LogP contribution in [0.25, 0.3) is 0 Å². The van der Waals surface area contributed by atoms with Crippen molar-refractivity contribution >= 4 is 15.9 Å². The lowest BCUT2D eigenvalue weighted by atomic mass is 9.70. The van der Waals surface area contributed by atoms with E-state index in [1.165, 1.54) is 18.3 Å². The fourth-order valence-electron chi connectivity index (χ4n) is 5.15. The Kier molecular flexibility index (Phi) is 7.52. The van der Waals surface area contributed by atoms with Gasteiger partial charge in [0.25, 0.3) is 0 Å². The van der Waals surface area contributed by atoms with Gasteiger partial charge in [-0.3, -0.25) is 4.79 Å². The second kappa shape index (κ2) is 9.42. The maximum Gasteiger partial charge on any atom is 0.357 e. The second-order valence-electron chi connectivity index (χ2n) is 11.0. The summed E-state index contributed by atoms with van der Waals surface area (Å²) in [6, 6.07) is 18.1. The summed E-state index contributed by atoms with van der Waals surface area (Å²) in [4.78, 5) is 11.8. The zero-order valence-electron chi connectivity index (χ0n) is 20.4. The third-order valence-electron chi connectivity index (χ3n) is 7.50. The molecular formula is C27H35IO4S. The van der Waals surface area contributed by atoms with Gasteiger partial charge >= 0.3 is 21.2 Å². The Hall–Kier alpha value is -1.25. The molecule has 33 heavy (non-hydrogen) atoms. The summed E-state index contributed by atoms with van der Waals surface area (Å²) in [6.45, 7) is 12.8. The van der Waals surface area contributed by atoms with Crippen LogP contribution in [0.15, 0.2) is 48.5 Å². The minimum absolute atomic E-state index is 0.0248. The van der Waals surface area contributed by atoms with Crippen molar-refractivity contribution in [3.63, 3.8) is 0 Å². The minimum Gasteiger partial charge on any atom is -0.748 e. The molecule has 2 aromatic carbocycles. The number of Topliss-reactive ketones (excluding diaryl/α,β-unsaturated/α-hetero) is 1. The van der Waals surface area contributed by atoms with E-state index in [1.807, 2.05) is 13.8 Å². The van der Waals surface area contributed by atoms with Crippen molar-refractivity contribution in [2.75, 3.05) is 5.75 Å². The molecular weight excluding hydrogens is 547 g/mol. The molecule has 2 atom stereocenters. The fourth-order valence-corrected chi connectivity index (χ4v) is 8.58. The van der Waals surface area contributed by atoms with Gasteiger partial charge in [-0.15, -0.1) is 0 Å². The number of fused-ring (bicyclic) bond motifs is 2. The standard InChI is InChI=1S/C17H20I.C10H16O4S/c1-13-5-9-15(10-6-13)18-16-11-7-14(8-12-16)17(2,3)4;1-9(2)7-3-4-10(9,8(11)5-7)6-15(12,13)14/h5-12H,1-4H3;7H,3-6H2,1-2H3,(H,12,13,14)/q+1;/p-1. The molecule has 0 spiro atoms. The Balaban J connectivity index is 0.000000189. The molecule has 0 N–H and O–H groups in total. The van der Waals surface area contributed by atoms with Crippen LogP contribution in [-0.4, -0.2) is 24.5 Å². The van der Waals surface area contributed by atoms with Gasteiger partial charge in [0.1, 0.15) is 5.78 Å². The zero-order chi connectivity index (χ0) is 24.7. The summed E-state index contributed by atoms with van der Waals surface area (Å²) in [5.41, 5.74) is 1.78. The summed E-state index contributed by atoms with van der Waals surface area (Å²) in [5.74, 6) is -0.280. The SMILES string of the molecule is CC1(C)C2CCC1(CS(=O)(=O)[O-])C(=O)C2.Cc1ccc([I+]c2ccc(C(C)(C)C)cc2)cc1. The summed E-state index contributed by atoms with van der Waals surface area (Å²) in [6.07, 6.45) is 1.88. The fraction of sp³-hybridized carbons (Fsp3) is 0.519. The first-order chi connectivity index (χ1) is 15.1. The van der Waals surface area contributed by atoms with E-state index in [2.05, 4.69) is 76.2 Å². The Morgan fingerprint density at radius 2 is 1.52 bits per heavy atom. The lowest BCUT2D eigenvalue weighted by Gasteiger charge is -2.37. The molecule has 2 saturated carbocycles. The Morgan fingerprint density at radius 1 is 1.00 bits per heavy atom. The topological polar surface area (TPSA) is 74.3 Å². The van der Waals surface area contributed by atoms with Gasteiger partial charge in [-0.25, -0.2) is 8.42 Å². The van der Waals surface area contributed by atoms with E-state index in [9.17, 15) is 17.8 Å². The van der Waals surface area contributed by atoms with E-state index in [4.69, 9.17) is 0 Å². The van der Waals surface area contributed by atoms with Gasteiger partial charge in [-0.05, 0) is 66.3 Å². The molecule has 2 aliphatic carbocycles. The van der Waals surface area contributed by atoms with E-state index in [1.54, 1.807) is 0 Å². The van der Waals surface area contributed by atoms with Gasteiger partial charge in [0.15, 0.2) is 7.14 Å². The number of ketones is 1. The van der Waals surface area contributed by atoms with Crippen molar-refractivity contribution in [3.05, 3.63) is 66.8 Å². The molecule has 0 saturated heterocycles. The number of carbonyl (C=O) groups is 1. The van der Waals surface area contributed by atoms with Crippen LogP contribution < -0.4 is 21.2 Å². The smallest absolute Gasteiger partial charge is 0.357 e. The minimum atomic E-state index is -4.33. The highest BCUT2D eigenvalue weighted by Gasteiger charge is 2.64. The van der Waals surface area contributed by atoms with Crippen LogP contribution in [-0.2, 0) is 20.3 Å². The number of hydrogen-bond donors (Lipinski definition) is 0. The molecule has 2 aliphatic rings. The van der Waals surface area contributed by atoms with Crippen LogP contribution >= 0.6 is 0 Å². The molecule has 180 valence electrons. The molecule has 2 bridgehead atoms. The average Bonchev–Trinajstić information content (AvgIpc) is 3.03. The monoisotopic (exact) mass is 582 g/mol. The highest BCUT2D eigenvalue weighted by atomic mass is 127. The number of halogens is 1. The molecule has 2 fully saturated rings. The predicted octanol–water partition coefficient (Wildman–Crippen LogP) is 2.35. The van der Waals surface area contributed by atoms with Crippen LogP contribution in [0.4, 0.5) is 0 Å². The molecule has 2 unspecified atom stereocenters. The molecule has 4 rings (SSSR count). The van der Waals surface area contributed by atoms with Crippen LogP contribution in [0.1, 0.15) is 65.0 Å². The van der Waals surface area contributed by atoms with Crippen molar-refractivity contribution in [1.29, 1.82) is 0 Å². The van der Waals surface area contributed by atoms with E-state index in [0.29, 0.717) is 12.8 Å². The van der Waals surface area contributed by atoms with Crippen LogP contribution in [0.3, 0.4) is 0 Å². The number of aryl methyl sites for hydroxylation is 1. The average molecular weight is 583 g/mol. The predicted molar refractivity (Wildman–Crippen MR) is 127 cm³/mol. The molecule has 2 aromatic rings. The number of carbonyl (C=O) groups excluding carboxylic acids is 1. The molecule has 0 aromatic heterocycles. The highest BCUT2D eigenvalue weighted by molar-refractivity contribution is 7.85. The third-order valence-corrected chi connectivity index (χ3v) is 11.0. The van der Waals surface area contributed by atoms with Gasteiger partial charge < -0.3 is 4.55 Å². The lowest BCUT2D eigenvalue weighted by molar-refractivity contribution is -0.597. The van der Waals surface area contributed by atoms with E-state index in [0.717, 1.165) is 6.42 Å². The van der Waals surface area contributed by atoms with Gasteiger partial charge in [-0.1, -0.05) is 64.4 Å². The van der Waals surface area contributed by atoms with E-state index in [-0.39, 0.29) is 43.7 Å². The van der Waals surface area contributed by atoms with E-state index < -0.39 is 21.3 Å². The summed E-state index contributed by atoms with van der Waals surface area (Å²) < 4.78 is 35.7. The van der Waals surface area contributed by atoms with Gasteiger partial charge in [-0.2, -0.15) is 0 Å². The quantitative estimate of drug-likeness (QED) is 0.410. The first-order valence-electron chi connectivity index (χ1n) is 11.4. The van der Waals surface area contributed by atoms with Crippen molar-refractivity contribution < 1.29 is 39.0 Å². The number of hydrogen-bond acceptors (Lipinski definition) is 4. The van der Waals surface area contributed by atoms with Crippen LogP contribution in [0.2, 0.25) is 0 Å². The second-order valence-corrected chi connectivity index (χ2v) is 15.5. The lowest BCUT2D eigenvalue weighted by Crippen LogP contribution is -3.61. The van der Waals surface area contributed by atoms with Crippen LogP contribution in [0, 0.1) is 30.8 Å². The number of rotatable bonds is 4. The Bertz CT molecular complexity index is 1100. The molecule has 6 heteroatoms. The number of benzene rings is 2. The van der Waals surface area contributed by atoms with Crippen molar-refractivity contribution in [3.8, 4) is 0 Å². The first kappa shape index (κ1) is 26.4. The maximum absolute atomic E-state index is 11.8. The molecule has 4 nitrogen and oxygen atoms in total. The Morgan fingerprint density at radius 3 is 1.91 bits per heavy atom.